The quantitative estimate of drug-likeness (QED) is 0.791. The van der Waals surface area contributed by atoms with Gasteiger partial charge in [0.05, 0.1) is 0 Å². The van der Waals surface area contributed by atoms with Gasteiger partial charge >= 0.3 is 0 Å². The van der Waals surface area contributed by atoms with Gasteiger partial charge in [0, 0.05) is 12.6 Å². The van der Waals surface area contributed by atoms with Crippen molar-refractivity contribution in [2.75, 3.05) is 6.54 Å². The molecular weight excluding hydrogens is 257 g/mol. The lowest BCUT2D eigenvalue weighted by Gasteiger charge is -2.12. The monoisotopic (exact) mass is 268 g/mol. The van der Waals surface area contributed by atoms with Gasteiger partial charge in [-0.3, -0.25) is 0 Å². The molecule has 1 rings (SSSR count). The number of halogens is 3. The highest BCUT2D eigenvalue weighted by atomic mass is 32.2. The Morgan fingerprint density at radius 1 is 1.29 bits per heavy atom. The lowest BCUT2D eigenvalue weighted by atomic mass is 10.3. The molecule has 0 saturated heterocycles. The Morgan fingerprint density at radius 3 is 2.41 bits per heavy atom. The summed E-state index contributed by atoms with van der Waals surface area (Å²) in [5, 5.41) is 0. The highest BCUT2D eigenvalue weighted by Gasteiger charge is 2.24. The second kappa shape index (κ2) is 5.03. The van der Waals surface area contributed by atoms with Gasteiger partial charge in [-0.2, -0.15) is 0 Å². The van der Waals surface area contributed by atoms with Crippen LogP contribution < -0.4 is 10.5 Å². The Morgan fingerprint density at radius 2 is 1.88 bits per heavy atom. The van der Waals surface area contributed by atoms with E-state index < -0.39 is 38.4 Å². The number of nitrogens with two attached hydrogens (primary N) is 1. The smallest absolute Gasteiger partial charge is 0.243 e. The van der Waals surface area contributed by atoms with Crippen molar-refractivity contribution < 1.29 is 21.6 Å². The van der Waals surface area contributed by atoms with Crippen LogP contribution in [0.1, 0.15) is 6.92 Å². The normalized spacial score (nSPS) is 13.7. The van der Waals surface area contributed by atoms with Crippen LogP contribution in [0.25, 0.3) is 0 Å². The van der Waals surface area contributed by atoms with E-state index in [1.165, 1.54) is 6.92 Å². The molecule has 17 heavy (non-hydrogen) atoms. The summed E-state index contributed by atoms with van der Waals surface area (Å²) < 4.78 is 64.0. The Balaban J connectivity index is 3.21. The van der Waals surface area contributed by atoms with Crippen LogP contribution >= 0.6 is 0 Å². The molecule has 0 heterocycles. The molecule has 0 fully saturated rings. The highest BCUT2D eigenvalue weighted by Crippen LogP contribution is 2.19. The summed E-state index contributed by atoms with van der Waals surface area (Å²) in [6.45, 7) is 1.44. The number of sulfonamides is 1. The third-order valence-electron chi connectivity index (χ3n) is 2.00. The van der Waals surface area contributed by atoms with Crippen molar-refractivity contribution in [1.82, 2.24) is 4.72 Å². The van der Waals surface area contributed by atoms with Gasteiger partial charge in [0.2, 0.25) is 10.0 Å². The minimum absolute atomic E-state index is 0.00940. The van der Waals surface area contributed by atoms with Crippen LogP contribution in [0.4, 0.5) is 13.2 Å². The van der Waals surface area contributed by atoms with Crippen LogP contribution in [0.2, 0.25) is 0 Å². The molecular formula is C9H11F3N2O2S. The maximum absolute atomic E-state index is 13.2. The Hall–Kier alpha value is -1.12. The fourth-order valence-electron chi connectivity index (χ4n) is 1.09. The van der Waals surface area contributed by atoms with Gasteiger partial charge in [0.15, 0.2) is 17.5 Å². The third kappa shape index (κ3) is 2.96. The van der Waals surface area contributed by atoms with E-state index >= 15 is 0 Å². The van der Waals surface area contributed by atoms with Gasteiger partial charge in [-0.15, -0.1) is 0 Å². The van der Waals surface area contributed by atoms with E-state index in [9.17, 15) is 21.6 Å². The summed E-state index contributed by atoms with van der Waals surface area (Å²) in [6, 6.07) is 0.548. The van der Waals surface area contributed by atoms with Crippen LogP contribution in [0.3, 0.4) is 0 Å². The van der Waals surface area contributed by atoms with Crippen LogP contribution in [-0.2, 0) is 10.0 Å². The fourth-order valence-corrected chi connectivity index (χ4v) is 2.42. The van der Waals surface area contributed by atoms with E-state index in [2.05, 4.69) is 0 Å². The van der Waals surface area contributed by atoms with Gasteiger partial charge in [-0.1, -0.05) is 0 Å². The van der Waals surface area contributed by atoms with Crippen molar-refractivity contribution >= 4 is 10.0 Å². The maximum atomic E-state index is 13.2. The zero-order valence-electron chi connectivity index (χ0n) is 8.88. The van der Waals surface area contributed by atoms with E-state index in [1.807, 2.05) is 4.72 Å². The maximum Gasteiger partial charge on any atom is 0.243 e. The molecule has 0 aromatic heterocycles. The van der Waals surface area contributed by atoms with Crippen LogP contribution in [-0.4, -0.2) is 21.0 Å². The third-order valence-corrected chi connectivity index (χ3v) is 3.61. The molecule has 0 bridgehead atoms. The summed E-state index contributed by atoms with van der Waals surface area (Å²) in [7, 11) is -4.25. The van der Waals surface area contributed by atoms with Crippen molar-refractivity contribution in [3.8, 4) is 0 Å². The molecule has 3 N–H and O–H groups in total. The first kappa shape index (κ1) is 13.9. The summed E-state index contributed by atoms with van der Waals surface area (Å²) in [6.07, 6.45) is 0. The standard InChI is InChI=1S/C9H11F3N2O2S/c1-5(4-13)14-17(15,16)7-3-2-6(10)8(11)9(7)12/h2-3,5,14H,4,13H2,1H3. The molecule has 0 radical (unpaired) electrons. The first-order chi connectivity index (χ1) is 7.79. The van der Waals surface area contributed by atoms with Crippen LogP contribution in [0.5, 0.6) is 0 Å². The molecule has 0 spiro atoms. The molecule has 0 aliphatic heterocycles. The first-order valence-electron chi connectivity index (χ1n) is 4.65. The molecule has 1 aromatic rings. The molecule has 4 nitrogen and oxygen atoms in total. The van der Waals surface area contributed by atoms with Crippen molar-refractivity contribution in [2.24, 2.45) is 5.73 Å². The Bertz CT molecular complexity index is 519. The van der Waals surface area contributed by atoms with Gasteiger partial charge in [-0.05, 0) is 19.1 Å². The molecule has 0 saturated carbocycles. The summed E-state index contributed by atoms with van der Waals surface area (Å²) in [5.41, 5.74) is 5.19. The zero-order chi connectivity index (χ0) is 13.2. The van der Waals surface area contributed by atoms with Gasteiger partial charge in [0.25, 0.3) is 0 Å². The van der Waals surface area contributed by atoms with Crippen LogP contribution in [0.15, 0.2) is 17.0 Å². The Labute approximate surface area is 96.7 Å². The number of hydrogen-bond acceptors (Lipinski definition) is 3. The van der Waals surface area contributed by atoms with Crippen molar-refractivity contribution in [2.45, 2.75) is 17.9 Å². The van der Waals surface area contributed by atoms with E-state index in [0.29, 0.717) is 12.1 Å². The number of rotatable bonds is 4. The minimum Gasteiger partial charge on any atom is -0.329 e. The molecule has 96 valence electrons. The number of nitrogens with one attached hydrogen (secondary N) is 1. The average molecular weight is 268 g/mol. The fraction of sp³-hybridized carbons (Fsp3) is 0.333. The predicted molar refractivity (Wildman–Crippen MR) is 55.2 cm³/mol. The summed E-state index contributed by atoms with van der Waals surface area (Å²) in [5.74, 6) is -5.02. The molecule has 0 aliphatic rings. The van der Waals surface area contributed by atoms with Crippen LogP contribution in [0, 0.1) is 17.5 Å². The largest absolute Gasteiger partial charge is 0.329 e. The zero-order valence-corrected chi connectivity index (χ0v) is 9.69. The number of hydrogen-bond donors (Lipinski definition) is 2. The van der Waals surface area contributed by atoms with Crippen molar-refractivity contribution in [3.05, 3.63) is 29.6 Å². The van der Waals surface area contributed by atoms with E-state index in [-0.39, 0.29) is 6.54 Å². The molecule has 0 aliphatic carbocycles. The molecule has 0 amide bonds. The van der Waals surface area contributed by atoms with E-state index in [4.69, 9.17) is 5.73 Å². The number of benzene rings is 1. The van der Waals surface area contributed by atoms with E-state index in [1.54, 1.807) is 0 Å². The van der Waals surface area contributed by atoms with Gasteiger partial charge < -0.3 is 5.73 Å². The Kier molecular flexibility index (Phi) is 4.12. The highest BCUT2D eigenvalue weighted by molar-refractivity contribution is 7.89. The summed E-state index contributed by atoms with van der Waals surface area (Å²) >= 11 is 0. The SMILES string of the molecule is CC(CN)NS(=O)(=O)c1ccc(F)c(F)c1F. The van der Waals surface area contributed by atoms with Gasteiger partial charge in [-0.25, -0.2) is 26.3 Å². The van der Waals surface area contributed by atoms with Crippen molar-refractivity contribution in [1.29, 1.82) is 0 Å². The molecule has 8 heteroatoms. The first-order valence-corrected chi connectivity index (χ1v) is 6.13. The lowest BCUT2D eigenvalue weighted by Crippen LogP contribution is -2.38. The minimum atomic E-state index is -4.25. The molecule has 1 aromatic carbocycles. The lowest BCUT2D eigenvalue weighted by molar-refractivity contribution is 0.431. The van der Waals surface area contributed by atoms with Crippen molar-refractivity contribution in [3.63, 3.8) is 0 Å². The van der Waals surface area contributed by atoms with E-state index in [0.717, 1.165) is 0 Å². The second-order valence-electron chi connectivity index (χ2n) is 3.43. The topological polar surface area (TPSA) is 72.2 Å². The molecule has 1 unspecified atom stereocenters. The van der Waals surface area contributed by atoms with Gasteiger partial charge in [0.1, 0.15) is 4.90 Å². The average Bonchev–Trinajstić information content (AvgIpc) is 2.24. The second-order valence-corrected chi connectivity index (χ2v) is 5.11. The molecule has 1 atom stereocenters. The predicted octanol–water partition coefficient (Wildman–Crippen LogP) is 0.729. The summed E-state index contributed by atoms with van der Waals surface area (Å²) in [4.78, 5) is -0.948.